The van der Waals surface area contributed by atoms with Gasteiger partial charge in [0.15, 0.2) is 0 Å². The summed E-state index contributed by atoms with van der Waals surface area (Å²) >= 11 is 1.31. The van der Waals surface area contributed by atoms with Crippen LogP contribution in [-0.4, -0.2) is 31.9 Å². The molecule has 0 saturated heterocycles. The fourth-order valence-electron chi connectivity index (χ4n) is 2.24. The second kappa shape index (κ2) is 7.74. The number of carbonyl (C=O) groups is 1. The highest BCUT2D eigenvalue weighted by Gasteiger charge is 2.13. The molecule has 0 bridgehead atoms. The Hall–Kier alpha value is -2.67. The molecule has 1 aromatic heterocycles. The van der Waals surface area contributed by atoms with Crippen molar-refractivity contribution in [1.29, 1.82) is 0 Å². The zero-order chi connectivity index (χ0) is 16.8. The minimum Gasteiger partial charge on any atom is -0.349 e. The molecule has 3 aromatic rings. The van der Waals surface area contributed by atoms with Crippen molar-refractivity contribution in [2.75, 3.05) is 5.75 Å². The van der Waals surface area contributed by atoms with Gasteiger partial charge in [0.25, 0.3) is 0 Å². The molecule has 0 fully saturated rings. The standard InChI is InChI=1S/C17H17N5OS/c1-13(14-8-4-2-5-9-14)18-16(23)12-24-17-19-20-21-22(17)15-10-6-3-7-11-15/h2-11,13H,12H2,1H3,(H,18,23)/t13-/m1/s1. The largest absolute Gasteiger partial charge is 0.349 e. The normalized spacial score (nSPS) is 11.9. The van der Waals surface area contributed by atoms with Gasteiger partial charge >= 0.3 is 0 Å². The molecule has 24 heavy (non-hydrogen) atoms. The Bertz CT molecular complexity index is 791. The molecule has 0 unspecified atom stereocenters. The summed E-state index contributed by atoms with van der Waals surface area (Å²) < 4.78 is 1.62. The van der Waals surface area contributed by atoms with Crippen LogP contribution >= 0.6 is 11.8 Å². The van der Waals surface area contributed by atoms with Gasteiger partial charge in [-0.3, -0.25) is 4.79 Å². The molecule has 1 N–H and O–H groups in total. The van der Waals surface area contributed by atoms with Crippen molar-refractivity contribution in [1.82, 2.24) is 25.5 Å². The van der Waals surface area contributed by atoms with Crippen molar-refractivity contribution >= 4 is 17.7 Å². The molecule has 0 spiro atoms. The van der Waals surface area contributed by atoms with E-state index in [1.54, 1.807) is 4.68 Å². The Morgan fingerprint density at radius 2 is 1.79 bits per heavy atom. The Balaban J connectivity index is 1.59. The second-order valence-electron chi connectivity index (χ2n) is 5.20. The molecular weight excluding hydrogens is 322 g/mol. The fraction of sp³-hybridized carbons (Fsp3) is 0.176. The monoisotopic (exact) mass is 339 g/mol. The van der Waals surface area contributed by atoms with Crippen LogP contribution in [0.15, 0.2) is 65.8 Å². The molecule has 1 atom stereocenters. The molecular formula is C17H17N5OS. The first-order valence-electron chi connectivity index (χ1n) is 7.55. The summed E-state index contributed by atoms with van der Waals surface area (Å²) in [4.78, 5) is 12.2. The lowest BCUT2D eigenvalue weighted by molar-refractivity contribution is -0.119. The lowest BCUT2D eigenvalue weighted by atomic mass is 10.1. The number of thioether (sulfide) groups is 1. The molecule has 0 aliphatic heterocycles. The van der Waals surface area contributed by atoms with Crippen molar-refractivity contribution in [3.63, 3.8) is 0 Å². The predicted octanol–water partition coefficient (Wildman–Crippen LogP) is 2.63. The average molecular weight is 339 g/mol. The summed E-state index contributed by atoms with van der Waals surface area (Å²) in [5.41, 5.74) is 1.94. The molecule has 3 rings (SSSR count). The van der Waals surface area contributed by atoms with Crippen LogP contribution in [0, 0.1) is 0 Å². The van der Waals surface area contributed by atoms with Gasteiger partial charge in [0, 0.05) is 0 Å². The Morgan fingerprint density at radius 1 is 1.12 bits per heavy atom. The van der Waals surface area contributed by atoms with Crippen LogP contribution in [-0.2, 0) is 4.79 Å². The molecule has 0 aliphatic rings. The van der Waals surface area contributed by atoms with Crippen LogP contribution in [0.4, 0.5) is 0 Å². The molecule has 0 saturated carbocycles. The van der Waals surface area contributed by atoms with E-state index in [-0.39, 0.29) is 17.7 Å². The van der Waals surface area contributed by atoms with Crippen molar-refractivity contribution in [3.05, 3.63) is 66.2 Å². The highest BCUT2D eigenvalue weighted by molar-refractivity contribution is 7.99. The van der Waals surface area contributed by atoms with Crippen LogP contribution in [0.3, 0.4) is 0 Å². The van der Waals surface area contributed by atoms with Crippen LogP contribution in [0.1, 0.15) is 18.5 Å². The zero-order valence-corrected chi connectivity index (χ0v) is 14.0. The third kappa shape index (κ3) is 3.99. The summed E-state index contributed by atoms with van der Waals surface area (Å²) in [5.74, 6) is 0.198. The lowest BCUT2D eigenvalue weighted by Crippen LogP contribution is -2.28. The molecule has 2 aromatic carbocycles. The van der Waals surface area contributed by atoms with Crippen LogP contribution in [0.2, 0.25) is 0 Å². The summed E-state index contributed by atoms with van der Waals surface area (Å²) in [5, 5.41) is 15.2. The minimum atomic E-state index is -0.0565. The third-order valence-electron chi connectivity index (χ3n) is 3.45. The summed E-state index contributed by atoms with van der Waals surface area (Å²) in [7, 11) is 0. The maximum Gasteiger partial charge on any atom is 0.230 e. The number of para-hydroxylation sites is 1. The Morgan fingerprint density at radius 3 is 2.50 bits per heavy atom. The van der Waals surface area contributed by atoms with Gasteiger partial charge in [-0.25, -0.2) is 0 Å². The topological polar surface area (TPSA) is 72.7 Å². The van der Waals surface area contributed by atoms with Crippen LogP contribution < -0.4 is 5.32 Å². The zero-order valence-electron chi connectivity index (χ0n) is 13.2. The van der Waals surface area contributed by atoms with E-state index < -0.39 is 0 Å². The van der Waals surface area contributed by atoms with E-state index in [4.69, 9.17) is 0 Å². The molecule has 6 nitrogen and oxygen atoms in total. The van der Waals surface area contributed by atoms with E-state index in [2.05, 4.69) is 20.8 Å². The van der Waals surface area contributed by atoms with Gasteiger partial charge in [-0.2, -0.15) is 4.68 Å². The lowest BCUT2D eigenvalue weighted by Gasteiger charge is -2.13. The number of carbonyl (C=O) groups excluding carboxylic acids is 1. The molecule has 122 valence electrons. The quantitative estimate of drug-likeness (QED) is 0.699. The number of hydrogen-bond donors (Lipinski definition) is 1. The predicted molar refractivity (Wildman–Crippen MR) is 92.9 cm³/mol. The molecule has 1 heterocycles. The van der Waals surface area contributed by atoms with Crippen molar-refractivity contribution < 1.29 is 4.79 Å². The molecule has 0 aliphatic carbocycles. The van der Waals surface area contributed by atoms with Crippen molar-refractivity contribution in [2.45, 2.75) is 18.1 Å². The van der Waals surface area contributed by atoms with E-state index in [0.29, 0.717) is 5.16 Å². The molecule has 7 heteroatoms. The maximum atomic E-state index is 12.2. The van der Waals surface area contributed by atoms with Gasteiger partial charge in [0.1, 0.15) is 0 Å². The van der Waals surface area contributed by atoms with E-state index in [9.17, 15) is 4.79 Å². The van der Waals surface area contributed by atoms with E-state index in [1.807, 2.05) is 67.6 Å². The highest BCUT2D eigenvalue weighted by atomic mass is 32.2. The molecule has 1 amide bonds. The SMILES string of the molecule is C[C@@H](NC(=O)CSc1nnnn1-c1ccccc1)c1ccccc1. The number of rotatable bonds is 6. The number of tetrazole rings is 1. The number of nitrogens with zero attached hydrogens (tertiary/aromatic N) is 4. The summed E-state index contributed by atoms with van der Waals surface area (Å²) in [6.07, 6.45) is 0. The first-order valence-corrected chi connectivity index (χ1v) is 8.53. The Kier molecular flexibility index (Phi) is 5.22. The van der Waals surface area contributed by atoms with Crippen molar-refractivity contribution in [2.24, 2.45) is 0 Å². The van der Waals surface area contributed by atoms with E-state index in [1.165, 1.54) is 11.8 Å². The fourth-order valence-corrected chi connectivity index (χ4v) is 2.94. The summed E-state index contributed by atoms with van der Waals surface area (Å²) in [6, 6.07) is 19.4. The van der Waals surface area contributed by atoms with Gasteiger partial charge in [0.05, 0.1) is 17.5 Å². The van der Waals surface area contributed by atoms with Gasteiger partial charge < -0.3 is 5.32 Å². The first kappa shape index (κ1) is 16.2. The van der Waals surface area contributed by atoms with Crippen LogP contribution in [0.25, 0.3) is 5.69 Å². The maximum absolute atomic E-state index is 12.2. The first-order chi connectivity index (χ1) is 11.7. The van der Waals surface area contributed by atoms with Gasteiger partial charge in [-0.15, -0.1) is 5.10 Å². The number of hydrogen-bond acceptors (Lipinski definition) is 5. The third-order valence-corrected chi connectivity index (χ3v) is 4.37. The van der Waals surface area contributed by atoms with E-state index in [0.717, 1.165) is 11.3 Å². The number of aromatic nitrogens is 4. The van der Waals surface area contributed by atoms with Gasteiger partial charge in [0.2, 0.25) is 11.1 Å². The smallest absolute Gasteiger partial charge is 0.230 e. The van der Waals surface area contributed by atoms with E-state index >= 15 is 0 Å². The number of amides is 1. The van der Waals surface area contributed by atoms with Crippen LogP contribution in [0.5, 0.6) is 0 Å². The van der Waals surface area contributed by atoms with Crippen molar-refractivity contribution in [3.8, 4) is 5.69 Å². The van der Waals surface area contributed by atoms with Gasteiger partial charge in [-0.05, 0) is 35.0 Å². The number of nitrogens with one attached hydrogen (secondary N) is 1. The summed E-state index contributed by atoms with van der Waals surface area (Å²) in [6.45, 7) is 1.96. The van der Waals surface area contributed by atoms with Gasteiger partial charge in [-0.1, -0.05) is 60.3 Å². The Labute approximate surface area is 144 Å². The number of benzene rings is 2. The average Bonchev–Trinajstić information content (AvgIpc) is 3.10. The molecule has 0 radical (unpaired) electrons. The second-order valence-corrected chi connectivity index (χ2v) is 6.14. The highest BCUT2D eigenvalue weighted by Crippen LogP contribution is 2.18. The minimum absolute atomic E-state index is 0.0376.